The quantitative estimate of drug-likeness (QED) is 0.478. The minimum absolute atomic E-state index is 0.109. The molecule has 2 heterocycles. The second-order valence-corrected chi connectivity index (χ2v) is 6.42. The van der Waals surface area contributed by atoms with Gasteiger partial charge in [0.15, 0.2) is 0 Å². The van der Waals surface area contributed by atoms with Crippen LogP contribution in [0.3, 0.4) is 0 Å². The Kier molecular flexibility index (Phi) is 5.56. The van der Waals surface area contributed by atoms with E-state index in [1.54, 1.807) is 23.0 Å². The van der Waals surface area contributed by atoms with E-state index in [9.17, 15) is 9.59 Å². The lowest BCUT2D eigenvalue weighted by molar-refractivity contribution is -0.123. The van der Waals surface area contributed by atoms with Gasteiger partial charge in [-0.15, -0.1) is 5.10 Å². The number of hydrogen-bond donors (Lipinski definition) is 2. The molecule has 0 aliphatic carbocycles. The number of anilines is 1. The smallest absolute Gasteiger partial charge is 0.243 e. The molecule has 0 spiro atoms. The Labute approximate surface area is 171 Å². The van der Waals surface area contributed by atoms with Crippen LogP contribution < -0.4 is 10.6 Å². The van der Waals surface area contributed by atoms with E-state index in [-0.39, 0.29) is 24.8 Å². The maximum Gasteiger partial charge on any atom is 0.243 e. The number of benzene rings is 2. The van der Waals surface area contributed by atoms with E-state index in [2.05, 4.69) is 31.3 Å². The van der Waals surface area contributed by atoms with Gasteiger partial charge in [0.25, 0.3) is 0 Å². The van der Waals surface area contributed by atoms with Gasteiger partial charge in [-0.2, -0.15) is 5.10 Å². The summed E-state index contributed by atoms with van der Waals surface area (Å²) in [6, 6.07) is 16.4. The Hall–Kier alpha value is -4.34. The summed E-state index contributed by atoms with van der Waals surface area (Å²) in [7, 11) is 0. The monoisotopic (exact) mass is 402 g/mol. The first kappa shape index (κ1) is 19.0. The lowest BCUT2D eigenvalue weighted by Crippen LogP contribution is -2.33. The molecule has 2 aromatic carbocycles. The number of rotatable bonds is 7. The minimum atomic E-state index is -0.302. The van der Waals surface area contributed by atoms with Gasteiger partial charge in [0.1, 0.15) is 6.33 Å². The van der Waals surface area contributed by atoms with Crippen molar-refractivity contribution in [1.29, 1.82) is 0 Å². The maximum absolute atomic E-state index is 12.1. The summed E-state index contributed by atoms with van der Waals surface area (Å²) in [5, 5.41) is 20.5. The van der Waals surface area contributed by atoms with Gasteiger partial charge in [-0.3, -0.25) is 9.59 Å². The third-order valence-corrected chi connectivity index (χ3v) is 4.28. The lowest BCUT2D eigenvalue weighted by Gasteiger charge is -2.08. The molecule has 150 valence electrons. The van der Waals surface area contributed by atoms with Gasteiger partial charge in [0, 0.05) is 18.1 Å². The van der Waals surface area contributed by atoms with Crippen LogP contribution in [0.4, 0.5) is 5.69 Å². The van der Waals surface area contributed by atoms with Crippen LogP contribution in [0.2, 0.25) is 0 Å². The molecule has 0 radical (unpaired) electrons. The van der Waals surface area contributed by atoms with Crippen LogP contribution in [0.15, 0.2) is 73.3 Å². The van der Waals surface area contributed by atoms with Crippen molar-refractivity contribution in [2.24, 2.45) is 0 Å². The summed E-state index contributed by atoms with van der Waals surface area (Å²) in [4.78, 5) is 24.2. The van der Waals surface area contributed by atoms with Crippen LogP contribution in [-0.4, -0.2) is 48.3 Å². The molecule has 2 aromatic heterocycles. The Balaban J connectivity index is 1.24. The average Bonchev–Trinajstić information content (AvgIpc) is 3.48. The van der Waals surface area contributed by atoms with Gasteiger partial charge in [-0.05, 0) is 58.5 Å². The van der Waals surface area contributed by atoms with Crippen molar-refractivity contribution in [3.8, 4) is 11.4 Å². The molecular formula is C20H18N8O2. The van der Waals surface area contributed by atoms with E-state index >= 15 is 0 Å². The zero-order valence-corrected chi connectivity index (χ0v) is 15.8. The summed E-state index contributed by atoms with van der Waals surface area (Å²) in [5.74, 6) is -0.543. The van der Waals surface area contributed by atoms with Crippen molar-refractivity contribution >= 4 is 17.5 Å². The van der Waals surface area contributed by atoms with Gasteiger partial charge >= 0.3 is 0 Å². The normalized spacial score (nSPS) is 10.5. The molecule has 4 rings (SSSR count). The number of nitrogens with one attached hydrogen (secondary N) is 2. The molecule has 0 fully saturated rings. The summed E-state index contributed by atoms with van der Waals surface area (Å²) in [6.45, 7) is -0.109. The van der Waals surface area contributed by atoms with Gasteiger partial charge < -0.3 is 10.6 Å². The van der Waals surface area contributed by atoms with E-state index in [1.807, 2.05) is 48.7 Å². The summed E-state index contributed by atoms with van der Waals surface area (Å²) < 4.78 is 3.25. The Morgan fingerprint density at radius 1 is 0.900 bits per heavy atom. The van der Waals surface area contributed by atoms with E-state index in [0.717, 1.165) is 16.9 Å². The zero-order valence-electron chi connectivity index (χ0n) is 15.8. The average molecular weight is 402 g/mol. The fourth-order valence-electron chi connectivity index (χ4n) is 2.80. The first-order valence-electron chi connectivity index (χ1n) is 9.16. The SMILES string of the molecule is O=C(Cc1ccc(-n2cnnn2)cc1)NCC(=O)Nc1ccc(-n2cccn2)cc1. The van der Waals surface area contributed by atoms with Gasteiger partial charge in [-0.1, -0.05) is 12.1 Å². The van der Waals surface area contributed by atoms with Crippen molar-refractivity contribution in [1.82, 2.24) is 35.3 Å². The van der Waals surface area contributed by atoms with E-state index in [1.165, 1.54) is 11.0 Å². The fourth-order valence-corrected chi connectivity index (χ4v) is 2.80. The molecule has 0 saturated carbocycles. The van der Waals surface area contributed by atoms with Crippen molar-refractivity contribution in [2.75, 3.05) is 11.9 Å². The molecule has 0 unspecified atom stereocenters. The standard InChI is InChI=1S/C20H18N8O2/c29-19(12-15-2-6-18(7-3-15)28-14-22-25-26-28)21-13-20(30)24-16-4-8-17(9-5-16)27-11-1-10-23-27/h1-11,14H,12-13H2,(H,21,29)(H,24,30). The lowest BCUT2D eigenvalue weighted by atomic mass is 10.1. The minimum Gasteiger partial charge on any atom is -0.347 e. The molecule has 4 aromatic rings. The van der Waals surface area contributed by atoms with Crippen LogP contribution in [0.5, 0.6) is 0 Å². The number of carbonyl (C=O) groups excluding carboxylic acids is 2. The first-order chi connectivity index (χ1) is 14.7. The highest BCUT2D eigenvalue weighted by molar-refractivity contribution is 5.94. The predicted octanol–water partition coefficient (Wildman–Crippen LogP) is 1.15. The molecule has 0 aliphatic heterocycles. The number of tetrazole rings is 1. The number of aromatic nitrogens is 6. The van der Waals surface area contributed by atoms with Gasteiger partial charge in [0.05, 0.1) is 24.3 Å². The molecule has 0 aliphatic rings. The molecule has 0 atom stereocenters. The van der Waals surface area contributed by atoms with E-state index < -0.39 is 0 Å². The van der Waals surface area contributed by atoms with Crippen LogP contribution >= 0.6 is 0 Å². The molecule has 2 N–H and O–H groups in total. The summed E-state index contributed by atoms with van der Waals surface area (Å²) in [5.41, 5.74) is 3.14. The maximum atomic E-state index is 12.1. The molecule has 2 amide bonds. The number of amides is 2. The third-order valence-electron chi connectivity index (χ3n) is 4.28. The highest BCUT2D eigenvalue weighted by Crippen LogP contribution is 2.12. The van der Waals surface area contributed by atoms with Gasteiger partial charge in [0.2, 0.25) is 11.8 Å². The first-order valence-corrected chi connectivity index (χ1v) is 9.16. The number of carbonyl (C=O) groups is 2. The molecular weight excluding hydrogens is 384 g/mol. The largest absolute Gasteiger partial charge is 0.347 e. The number of hydrogen-bond acceptors (Lipinski definition) is 6. The second-order valence-electron chi connectivity index (χ2n) is 6.42. The van der Waals surface area contributed by atoms with Crippen molar-refractivity contribution in [3.05, 3.63) is 78.9 Å². The predicted molar refractivity (Wildman–Crippen MR) is 108 cm³/mol. The summed E-state index contributed by atoms with van der Waals surface area (Å²) >= 11 is 0. The topological polar surface area (TPSA) is 120 Å². The molecule has 10 heteroatoms. The fraction of sp³-hybridized carbons (Fsp3) is 0.100. The van der Waals surface area contributed by atoms with Gasteiger partial charge in [-0.25, -0.2) is 9.36 Å². The zero-order chi connectivity index (χ0) is 20.8. The number of nitrogens with zero attached hydrogens (tertiary/aromatic N) is 6. The Morgan fingerprint density at radius 3 is 2.30 bits per heavy atom. The highest BCUT2D eigenvalue weighted by Gasteiger charge is 2.08. The third kappa shape index (κ3) is 4.73. The summed E-state index contributed by atoms with van der Waals surface area (Å²) in [6.07, 6.45) is 5.19. The Morgan fingerprint density at radius 2 is 1.63 bits per heavy atom. The second kappa shape index (κ2) is 8.78. The molecule has 30 heavy (non-hydrogen) atoms. The van der Waals surface area contributed by atoms with E-state index in [0.29, 0.717) is 5.69 Å². The van der Waals surface area contributed by atoms with E-state index in [4.69, 9.17) is 0 Å². The Bertz CT molecular complexity index is 1010. The van der Waals surface area contributed by atoms with Crippen LogP contribution in [0, 0.1) is 0 Å². The van der Waals surface area contributed by atoms with Crippen molar-refractivity contribution in [2.45, 2.75) is 6.42 Å². The van der Waals surface area contributed by atoms with Crippen LogP contribution in [0.1, 0.15) is 5.56 Å². The molecule has 0 bridgehead atoms. The van der Waals surface area contributed by atoms with Crippen LogP contribution in [-0.2, 0) is 16.0 Å². The highest BCUT2D eigenvalue weighted by atomic mass is 16.2. The molecule has 10 nitrogen and oxygen atoms in total. The van der Waals surface area contributed by atoms with Crippen molar-refractivity contribution < 1.29 is 9.59 Å². The van der Waals surface area contributed by atoms with Crippen molar-refractivity contribution in [3.63, 3.8) is 0 Å². The molecule has 0 saturated heterocycles. The van der Waals surface area contributed by atoms with Crippen LogP contribution in [0.25, 0.3) is 11.4 Å².